The van der Waals surface area contributed by atoms with E-state index in [0.29, 0.717) is 5.41 Å². The van der Waals surface area contributed by atoms with Gasteiger partial charge in [0.05, 0.1) is 12.7 Å². The Morgan fingerprint density at radius 3 is 2.72 bits per heavy atom. The number of benzene rings is 1. The van der Waals surface area contributed by atoms with Gasteiger partial charge in [-0.2, -0.15) is 0 Å². The van der Waals surface area contributed by atoms with Crippen LogP contribution in [0.3, 0.4) is 0 Å². The molecule has 1 heterocycles. The van der Waals surface area contributed by atoms with Crippen LogP contribution in [0.2, 0.25) is 0 Å². The molecule has 1 unspecified atom stereocenters. The standard InChI is InChI=1S/C15H22BrNO/c1-3-15(4-2)10-17-9-14(18-11-15)12-7-5-6-8-13(12)16/h5-8,14,17H,3-4,9-11H2,1-2H3. The van der Waals surface area contributed by atoms with Crippen LogP contribution in [0, 0.1) is 5.41 Å². The van der Waals surface area contributed by atoms with Gasteiger partial charge in [0.25, 0.3) is 0 Å². The Morgan fingerprint density at radius 2 is 2.06 bits per heavy atom. The number of ether oxygens (including phenoxy) is 1. The van der Waals surface area contributed by atoms with E-state index in [1.165, 1.54) is 18.4 Å². The van der Waals surface area contributed by atoms with Crippen LogP contribution in [0.25, 0.3) is 0 Å². The van der Waals surface area contributed by atoms with E-state index in [1.54, 1.807) is 0 Å². The lowest BCUT2D eigenvalue weighted by atomic mass is 9.83. The number of halogens is 1. The molecule has 0 bridgehead atoms. The molecule has 1 fully saturated rings. The topological polar surface area (TPSA) is 21.3 Å². The summed E-state index contributed by atoms with van der Waals surface area (Å²) in [6.45, 7) is 7.31. The normalized spacial score (nSPS) is 23.6. The van der Waals surface area contributed by atoms with Gasteiger partial charge in [0.15, 0.2) is 0 Å². The van der Waals surface area contributed by atoms with Crippen LogP contribution in [0.1, 0.15) is 38.4 Å². The zero-order chi connectivity index (χ0) is 13.0. The van der Waals surface area contributed by atoms with Gasteiger partial charge in [0.1, 0.15) is 0 Å². The van der Waals surface area contributed by atoms with Gasteiger partial charge in [-0.3, -0.25) is 0 Å². The van der Waals surface area contributed by atoms with E-state index < -0.39 is 0 Å². The molecule has 1 aliphatic heterocycles. The molecule has 1 saturated heterocycles. The molecule has 0 radical (unpaired) electrons. The molecule has 3 heteroatoms. The summed E-state index contributed by atoms with van der Waals surface area (Å²) in [7, 11) is 0. The van der Waals surface area contributed by atoms with Gasteiger partial charge >= 0.3 is 0 Å². The molecule has 2 rings (SSSR count). The van der Waals surface area contributed by atoms with Crippen molar-refractivity contribution in [3.05, 3.63) is 34.3 Å². The summed E-state index contributed by atoms with van der Waals surface area (Å²) in [5.74, 6) is 0. The monoisotopic (exact) mass is 311 g/mol. The first-order valence-electron chi connectivity index (χ1n) is 6.77. The molecule has 1 aliphatic rings. The minimum absolute atomic E-state index is 0.153. The van der Waals surface area contributed by atoms with Crippen molar-refractivity contribution in [3.63, 3.8) is 0 Å². The highest BCUT2D eigenvalue weighted by atomic mass is 79.9. The molecular weight excluding hydrogens is 290 g/mol. The Labute approximate surface area is 118 Å². The van der Waals surface area contributed by atoms with Crippen LogP contribution in [0.15, 0.2) is 28.7 Å². The van der Waals surface area contributed by atoms with Crippen molar-refractivity contribution >= 4 is 15.9 Å². The van der Waals surface area contributed by atoms with E-state index in [-0.39, 0.29) is 6.10 Å². The van der Waals surface area contributed by atoms with Crippen molar-refractivity contribution in [2.24, 2.45) is 5.41 Å². The first-order chi connectivity index (χ1) is 8.71. The van der Waals surface area contributed by atoms with Crippen molar-refractivity contribution in [2.75, 3.05) is 19.7 Å². The fourth-order valence-corrected chi connectivity index (χ4v) is 3.04. The molecule has 18 heavy (non-hydrogen) atoms. The maximum atomic E-state index is 6.18. The second kappa shape index (κ2) is 6.18. The second-order valence-electron chi connectivity index (χ2n) is 5.16. The van der Waals surface area contributed by atoms with E-state index in [0.717, 1.165) is 24.2 Å². The molecule has 0 aromatic heterocycles. The third-order valence-corrected chi connectivity index (χ3v) is 4.89. The number of nitrogens with one attached hydrogen (secondary N) is 1. The quantitative estimate of drug-likeness (QED) is 0.913. The Balaban J connectivity index is 2.12. The van der Waals surface area contributed by atoms with Crippen LogP contribution in [0.5, 0.6) is 0 Å². The summed E-state index contributed by atoms with van der Waals surface area (Å²) >= 11 is 3.61. The fraction of sp³-hybridized carbons (Fsp3) is 0.600. The Morgan fingerprint density at radius 1 is 1.33 bits per heavy atom. The van der Waals surface area contributed by atoms with Gasteiger partial charge in [-0.15, -0.1) is 0 Å². The lowest BCUT2D eigenvalue weighted by Crippen LogP contribution is -2.34. The number of hydrogen-bond donors (Lipinski definition) is 1. The van der Waals surface area contributed by atoms with Gasteiger partial charge in [-0.1, -0.05) is 48.0 Å². The number of rotatable bonds is 3. The van der Waals surface area contributed by atoms with E-state index in [4.69, 9.17) is 4.74 Å². The smallest absolute Gasteiger partial charge is 0.0960 e. The Hall–Kier alpha value is -0.380. The first kappa shape index (κ1) is 14.0. The van der Waals surface area contributed by atoms with Gasteiger partial charge in [0, 0.05) is 23.0 Å². The van der Waals surface area contributed by atoms with Gasteiger partial charge in [-0.25, -0.2) is 0 Å². The molecule has 1 aromatic carbocycles. The molecule has 0 aliphatic carbocycles. The SMILES string of the molecule is CCC1(CC)CNCC(c2ccccc2Br)OC1. The van der Waals surface area contributed by atoms with Crippen LogP contribution < -0.4 is 5.32 Å². The zero-order valence-corrected chi connectivity index (χ0v) is 12.8. The summed E-state index contributed by atoms with van der Waals surface area (Å²) in [6.07, 6.45) is 2.48. The zero-order valence-electron chi connectivity index (χ0n) is 11.2. The summed E-state index contributed by atoms with van der Waals surface area (Å²) in [4.78, 5) is 0. The number of hydrogen-bond acceptors (Lipinski definition) is 2. The maximum absolute atomic E-state index is 6.18. The van der Waals surface area contributed by atoms with Gasteiger partial charge < -0.3 is 10.1 Å². The molecule has 0 saturated carbocycles. The summed E-state index contributed by atoms with van der Waals surface area (Å²) < 4.78 is 7.31. The molecule has 2 nitrogen and oxygen atoms in total. The minimum Gasteiger partial charge on any atom is -0.372 e. The molecule has 1 N–H and O–H groups in total. The molecular formula is C15H22BrNO. The highest BCUT2D eigenvalue weighted by Crippen LogP contribution is 2.33. The van der Waals surface area contributed by atoms with Crippen LogP contribution in [-0.4, -0.2) is 19.7 Å². The van der Waals surface area contributed by atoms with E-state index in [2.05, 4.69) is 53.3 Å². The van der Waals surface area contributed by atoms with Crippen molar-refractivity contribution < 1.29 is 4.74 Å². The fourth-order valence-electron chi connectivity index (χ4n) is 2.50. The maximum Gasteiger partial charge on any atom is 0.0960 e. The third kappa shape index (κ3) is 2.95. The molecule has 0 spiro atoms. The predicted octanol–water partition coefficient (Wildman–Crippen LogP) is 3.92. The van der Waals surface area contributed by atoms with Crippen LogP contribution in [-0.2, 0) is 4.74 Å². The Kier molecular flexibility index (Phi) is 4.82. The highest BCUT2D eigenvalue weighted by molar-refractivity contribution is 9.10. The van der Waals surface area contributed by atoms with Crippen molar-refractivity contribution in [3.8, 4) is 0 Å². The van der Waals surface area contributed by atoms with Gasteiger partial charge in [0.2, 0.25) is 0 Å². The van der Waals surface area contributed by atoms with Crippen molar-refractivity contribution in [1.82, 2.24) is 5.32 Å². The van der Waals surface area contributed by atoms with E-state index >= 15 is 0 Å². The van der Waals surface area contributed by atoms with Crippen molar-refractivity contribution in [2.45, 2.75) is 32.8 Å². The van der Waals surface area contributed by atoms with E-state index in [1.807, 2.05) is 6.07 Å². The molecule has 1 atom stereocenters. The van der Waals surface area contributed by atoms with E-state index in [9.17, 15) is 0 Å². The van der Waals surface area contributed by atoms with Crippen molar-refractivity contribution in [1.29, 1.82) is 0 Å². The lowest BCUT2D eigenvalue weighted by molar-refractivity contribution is 0.00996. The predicted molar refractivity (Wildman–Crippen MR) is 78.7 cm³/mol. The minimum atomic E-state index is 0.153. The first-order valence-corrected chi connectivity index (χ1v) is 7.57. The van der Waals surface area contributed by atoms with Crippen LogP contribution >= 0.6 is 15.9 Å². The molecule has 1 aromatic rings. The molecule has 0 amide bonds. The Bertz CT molecular complexity index is 390. The average molecular weight is 312 g/mol. The lowest BCUT2D eigenvalue weighted by Gasteiger charge is -2.29. The largest absolute Gasteiger partial charge is 0.372 e. The van der Waals surface area contributed by atoms with Gasteiger partial charge in [-0.05, 0) is 24.5 Å². The molecule has 100 valence electrons. The average Bonchev–Trinajstić information content (AvgIpc) is 2.62. The highest BCUT2D eigenvalue weighted by Gasteiger charge is 2.31. The summed E-state index contributed by atoms with van der Waals surface area (Å²) in [5, 5.41) is 3.57. The third-order valence-electron chi connectivity index (χ3n) is 4.17. The summed E-state index contributed by atoms with van der Waals surface area (Å²) in [6, 6.07) is 8.33. The second-order valence-corrected chi connectivity index (χ2v) is 6.01. The van der Waals surface area contributed by atoms with Crippen LogP contribution in [0.4, 0.5) is 0 Å². The summed E-state index contributed by atoms with van der Waals surface area (Å²) in [5.41, 5.74) is 1.55.